The molecule has 1 saturated heterocycles. The highest BCUT2D eigenvalue weighted by Gasteiger charge is 2.41. The molecule has 0 aromatic carbocycles. The number of amides is 1. The molecule has 2 aromatic rings. The van der Waals surface area contributed by atoms with Gasteiger partial charge in [-0.25, -0.2) is 9.46 Å². The number of hydrogen-bond donors (Lipinski definition) is 3. The summed E-state index contributed by atoms with van der Waals surface area (Å²) in [7, 11) is -1.63. The number of carbonyl (C=O) groups excluding carboxylic acids is 1. The van der Waals surface area contributed by atoms with Crippen molar-refractivity contribution in [2.45, 2.75) is 77.6 Å². The minimum absolute atomic E-state index is 0.0685. The zero-order valence-corrected chi connectivity index (χ0v) is 23.3. The van der Waals surface area contributed by atoms with Gasteiger partial charge in [0.05, 0.1) is 31.8 Å². The molecule has 0 bridgehead atoms. The summed E-state index contributed by atoms with van der Waals surface area (Å²) in [5, 5.41) is 21.6. The molecule has 3 N–H and O–H groups in total. The van der Waals surface area contributed by atoms with Crippen LogP contribution in [0.25, 0.3) is 0 Å². The molecule has 0 saturated carbocycles. The molecule has 212 valence electrons. The number of nitriles is 1. The van der Waals surface area contributed by atoms with Crippen molar-refractivity contribution in [3.63, 3.8) is 0 Å². The molecule has 0 radical (unpaired) electrons. The smallest absolute Gasteiger partial charge is 0.330 e. The summed E-state index contributed by atoms with van der Waals surface area (Å²) < 4.78 is 21.4. The van der Waals surface area contributed by atoms with E-state index < -0.39 is 44.1 Å². The minimum atomic E-state index is -1.63. The van der Waals surface area contributed by atoms with Gasteiger partial charge in [0.1, 0.15) is 17.9 Å². The molecule has 3 unspecified atom stereocenters. The SMILES string of the molecule is CC(C)N(C(C)C)P(OCCC#N)OC1C[C@H](n2cc(C(=O)NCc3ccncc3)c(=O)[nH]c2=O)OC1CO. The summed E-state index contributed by atoms with van der Waals surface area (Å²) in [5.41, 5.74) is -1.05. The second kappa shape index (κ2) is 14.4. The fraction of sp³-hybridized carbons (Fsp3) is 0.560. The molecule has 1 aliphatic heterocycles. The van der Waals surface area contributed by atoms with Gasteiger partial charge < -0.3 is 24.2 Å². The lowest BCUT2D eigenvalue weighted by molar-refractivity contribution is -0.0439. The minimum Gasteiger partial charge on any atom is -0.394 e. The first-order valence-electron chi connectivity index (χ1n) is 12.7. The van der Waals surface area contributed by atoms with Crippen molar-refractivity contribution in [3.05, 3.63) is 62.7 Å². The molecule has 3 heterocycles. The molecule has 4 atom stereocenters. The Morgan fingerprint density at radius 1 is 1.33 bits per heavy atom. The number of aliphatic hydroxyl groups is 1. The quantitative estimate of drug-likeness (QED) is 0.241. The number of H-pyrrole nitrogens is 1. The van der Waals surface area contributed by atoms with Crippen LogP contribution in [0.1, 0.15) is 62.7 Å². The summed E-state index contributed by atoms with van der Waals surface area (Å²) in [6, 6.07) is 5.64. The number of nitrogens with zero attached hydrogens (tertiary/aromatic N) is 4. The van der Waals surface area contributed by atoms with Crippen molar-refractivity contribution in [1.82, 2.24) is 24.5 Å². The predicted molar refractivity (Wildman–Crippen MR) is 142 cm³/mol. The molecule has 1 amide bonds. The first kappa shape index (κ1) is 30.6. The third-order valence-corrected chi connectivity index (χ3v) is 8.13. The Balaban J connectivity index is 1.80. The van der Waals surface area contributed by atoms with E-state index in [9.17, 15) is 19.5 Å². The summed E-state index contributed by atoms with van der Waals surface area (Å²) >= 11 is 0. The highest BCUT2D eigenvalue weighted by atomic mass is 31.2. The Labute approximate surface area is 227 Å². The van der Waals surface area contributed by atoms with Crippen molar-refractivity contribution >= 4 is 14.4 Å². The molecule has 14 heteroatoms. The lowest BCUT2D eigenvalue weighted by Gasteiger charge is -2.37. The van der Waals surface area contributed by atoms with Crippen LogP contribution in [0.3, 0.4) is 0 Å². The van der Waals surface area contributed by atoms with Crippen LogP contribution >= 0.6 is 8.53 Å². The van der Waals surface area contributed by atoms with Gasteiger partial charge in [-0.3, -0.25) is 24.1 Å². The van der Waals surface area contributed by atoms with Gasteiger partial charge in [-0.05, 0) is 45.4 Å². The number of ether oxygens (including phenoxy) is 1. The van der Waals surface area contributed by atoms with Crippen LogP contribution in [0.2, 0.25) is 0 Å². The van der Waals surface area contributed by atoms with E-state index in [4.69, 9.17) is 19.0 Å². The van der Waals surface area contributed by atoms with E-state index in [2.05, 4.69) is 21.4 Å². The molecule has 39 heavy (non-hydrogen) atoms. The van der Waals surface area contributed by atoms with E-state index in [-0.39, 0.29) is 50.2 Å². The maximum Gasteiger partial charge on any atom is 0.330 e. The van der Waals surface area contributed by atoms with Crippen LogP contribution in [-0.4, -0.2) is 67.7 Å². The van der Waals surface area contributed by atoms with E-state index in [0.29, 0.717) is 0 Å². The molecule has 3 rings (SSSR count). The van der Waals surface area contributed by atoms with Gasteiger partial charge >= 0.3 is 5.69 Å². The number of aliphatic hydroxyl groups excluding tert-OH is 1. The fourth-order valence-corrected chi connectivity index (χ4v) is 5.95. The van der Waals surface area contributed by atoms with E-state index in [1.54, 1.807) is 24.5 Å². The van der Waals surface area contributed by atoms with Gasteiger partial charge in [0.25, 0.3) is 20.0 Å². The van der Waals surface area contributed by atoms with Crippen LogP contribution in [0.4, 0.5) is 0 Å². The van der Waals surface area contributed by atoms with Crippen LogP contribution in [0.15, 0.2) is 40.3 Å². The Hall–Kier alpha value is -2.98. The molecule has 0 aliphatic carbocycles. The van der Waals surface area contributed by atoms with Gasteiger partial charge in [-0.15, -0.1) is 0 Å². The van der Waals surface area contributed by atoms with E-state index >= 15 is 0 Å². The number of aromatic amines is 1. The lowest BCUT2D eigenvalue weighted by Crippen LogP contribution is -2.38. The Kier molecular flexibility index (Phi) is 11.3. The second-order valence-electron chi connectivity index (χ2n) is 9.49. The summed E-state index contributed by atoms with van der Waals surface area (Å²) in [4.78, 5) is 44.0. The van der Waals surface area contributed by atoms with Crippen molar-refractivity contribution in [2.24, 2.45) is 0 Å². The third kappa shape index (κ3) is 8.02. The molecule has 13 nitrogen and oxygen atoms in total. The Morgan fingerprint density at radius 2 is 2.03 bits per heavy atom. The molecule has 2 aromatic heterocycles. The van der Waals surface area contributed by atoms with Crippen molar-refractivity contribution in [1.29, 1.82) is 5.26 Å². The number of nitrogens with one attached hydrogen (secondary N) is 2. The monoisotopic (exact) mass is 562 g/mol. The average Bonchev–Trinajstić information content (AvgIpc) is 3.30. The maximum atomic E-state index is 12.8. The molecular weight excluding hydrogens is 527 g/mol. The third-order valence-electron chi connectivity index (χ3n) is 5.97. The summed E-state index contributed by atoms with van der Waals surface area (Å²) in [5.74, 6) is -0.662. The number of pyridine rings is 1. The van der Waals surface area contributed by atoms with Crippen LogP contribution in [0, 0.1) is 11.3 Å². The van der Waals surface area contributed by atoms with Crippen LogP contribution < -0.4 is 16.6 Å². The topological polar surface area (TPSA) is 172 Å². The summed E-state index contributed by atoms with van der Waals surface area (Å²) in [6.07, 6.45) is 2.32. The molecular formula is C25H35N6O7P. The van der Waals surface area contributed by atoms with E-state index in [1.807, 2.05) is 32.4 Å². The summed E-state index contributed by atoms with van der Waals surface area (Å²) in [6.45, 7) is 7.98. The second-order valence-corrected chi connectivity index (χ2v) is 10.9. The average molecular weight is 563 g/mol. The van der Waals surface area contributed by atoms with Gasteiger partial charge in [0.15, 0.2) is 0 Å². The molecule has 1 fully saturated rings. The Bertz CT molecular complexity index is 1240. The van der Waals surface area contributed by atoms with Gasteiger partial charge in [-0.1, -0.05) is 0 Å². The van der Waals surface area contributed by atoms with Gasteiger partial charge in [0, 0.05) is 43.6 Å². The van der Waals surface area contributed by atoms with Gasteiger partial charge in [-0.2, -0.15) is 5.26 Å². The zero-order chi connectivity index (χ0) is 28.5. The fourth-order valence-electron chi connectivity index (χ4n) is 4.20. The van der Waals surface area contributed by atoms with Crippen LogP contribution in [0.5, 0.6) is 0 Å². The number of rotatable bonds is 13. The number of hydrogen-bond acceptors (Lipinski definition) is 10. The zero-order valence-electron chi connectivity index (χ0n) is 22.4. The Morgan fingerprint density at radius 3 is 2.64 bits per heavy atom. The first-order valence-corrected chi connectivity index (χ1v) is 13.8. The largest absolute Gasteiger partial charge is 0.394 e. The highest BCUT2D eigenvalue weighted by molar-refractivity contribution is 7.44. The lowest BCUT2D eigenvalue weighted by atomic mass is 10.2. The van der Waals surface area contributed by atoms with Gasteiger partial charge in [0.2, 0.25) is 0 Å². The molecule has 0 spiro atoms. The number of carbonyl (C=O) groups is 1. The number of aromatic nitrogens is 3. The standard InChI is InChI=1S/C25H35N6O7P/c1-16(2)31(17(3)4)39(36-11-5-8-26)38-20-12-22(37-21(20)15-32)30-14-19(24(34)29-25(30)35)23(33)28-13-18-6-9-27-10-7-18/h6-7,9-10,14,16-17,20-22,32H,5,11-13,15H2,1-4H3,(H,28,33)(H,29,34,35)/t20?,21?,22-,39?/m1/s1. The first-order chi connectivity index (χ1) is 18.7. The molecule has 1 aliphatic rings. The maximum absolute atomic E-state index is 12.8. The van der Waals surface area contributed by atoms with Crippen molar-refractivity contribution < 1.29 is 23.7 Å². The van der Waals surface area contributed by atoms with Crippen LogP contribution in [-0.2, 0) is 20.3 Å². The van der Waals surface area contributed by atoms with Crippen molar-refractivity contribution in [3.8, 4) is 6.07 Å². The van der Waals surface area contributed by atoms with E-state index in [1.165, 1.54) is 0 Å². The normalized spacial score (nSPS) is 19.9. The van der Waals surface area contributed by atoms with Crippen molar-refractivity contribution in [2.75, 3.05) is 13.2 Å². The highest BCUT2D eigenvalue weighted by Crippen LogP contribution is 2.49. The predicted octanol–water partition coefficient (Wildman–Crippen LogP) is 1.80. The van der Waals surface area contributed by atoms with E-state index in [0.717, 1.165) is 16.3 Å².